The molecule has 11 heavy (non-hydrogen) atoms. The van der Waals surface area contributed by atoms with Crippen LogP contribution in [0.1, 0.15) is 13.8 Å². The van der Waals surface area contributed by atoms with E-state index in [1.165, 1.54) is 5.01 Å². The zero-order chi connectivity index (χ0) is 8.27. The fourth-order valence-electron chi connectivity index (χ4n) is 0.655. The summed E-state index contributed by atoms with van der Waals surface area (Å²) in [6, 6.07) is 1.98. The van der Waals surface area contributed by atoms with E-state index in [1.54, 1.807) is 18.5 Å². The molecule has 60 valence electrons. The summed E-state index contributed by atoms with van der Waals surface area (Å²) in [6.45, 7) is 3.96. The largest absolute Gasteiger partial charge is 0.276 e. The summed E-state index contributed by atoms with van der Waals surface area (Å²) in [5, 5.41) is 1.53. The van der Waals surface area contributed by atoms with Crippen molar-refractivity contribution in [3.8, 4) is 0 Å². The number of aromatic nitrogens is 2. The Bertz CT molecular complexity index is 209. The van der Waals surface area contributed by atoms with E-state index < -0.39 is 0 Å². The van der Waals surface area contributed by atoms with E-state index in [9.17, 15) is 0 Å². The summed E-state index contributed by atoms with van der Waals surface area (Å²) in [5.74, 6) is 6.20. The molecule has 4 heteroatoms. The van der Waals surface area contributed by atoms with Gasteiger partial charge in [-0.25, -0.2) is 15.8 Å². The molecule has 1 heterocycles. The molecule has 1 aromatic heterocycles. The lowest BCUT2D eigenvalue weighted by Crippen LogP contribution is -2.38. The van der Waals surface area contributed by atoms with E-state index in [2.05, 4.69) is 9.97 Å². The molecule has 0 fully saturated rings. The fourth-order valence-corrected chi connectivity index (χ4v) is 0.655. The molecule has 0 aliphatic heterocycles. The molecule has 0 saturated carbocycles. The maximum absolute atomic E-state index is 5.65. The van der Waals surface area contributed by atoms with E-state index in [0.29, 0.717) is 5.95 Å². The van der Waals surface area contributed by atoms with Crippen LogP contribution in [0.3, 0.4) is 0 Å². The molecule has 0 spiro atoms. The van der Waals surface area contributed by atoms with Gasteiger partial charge in [-0.2, -0.15) is 0 Å². The topological polar surface area (TPSA) is 55.0 Å². The van der Waals surface area contributed by atoms with Crippen molar-refractivity contribution in [3.05, 3.63) is 18.5 Å². The van der Waals surface area contributed by atoms with Gasteiger partial charge in [0.1, 0.15) is 0 Å². The number of anilines is 1. The molecule has 0 aliphatic carbocycles. The van der Waals surface area contributed by atoms with Crippen LogP contribution in [-0.2, 0) is 0 Å². The van der Waals surface area contributed by atoms with Crippen LogP contribution in [0.2, 0.25) is 0 Å². The highest BCUT2D eigenvalue weighted by molar-refractivity contribution is 5.26. The van der Waals surface area contributed by atoms with Gasteiger partial charge < -0.3 is 0 Å². The first kappa shape index (κ1) is 7.94. The number of rotatable bonds is 2. The molecule has 2 N–H and O–H groups in total. The van der Waals surface area contributed by atoms with Crippen LogP contribution in [0.25, 0.3) is 0 Å². The highest BCUT2D eigenvalue weighted by Gasteiger charge is 2.06. The van der Waals surface area contributed by atoms with Gasteiger partial charge in [0.05, 0.1) is 0 Å². The number of nitrogens with two attached hydrogens (primary N) is 1. The van der Waals surface area contributed by atoms with Gasteiger partial charge in [-0.15, -0.1) is 0 Å². The molecule has 0 bridgehead atoms. The normalized spacial score (nSPS) is 10.2. The standard InChI is InChI=1S/C7H12N4/c1-6(2)11(8)7-9-4-3-5-10-7/h3-6H,8H2,1-2H3. The van der Waals surface area contributed by atoms with E-state index in [-0.39, 0.29) is 6.04 Å². The minimum atomic E-state index is 0.220. The van der Waals surface area contributed by atoms with Gasteiger partial charge in [0, 0.05) is 18.4 Å². The summed E-state index contributed by atoms with van der Waals surface area (Å²) in [6.07, 6.45) is 3.34. The first-order valence-electron chi connectivity index (χ1n) is 3.52. The molecular formula is C7H12N4. The van der Waals surface area contributed by atoms with E-state index in [1.807, 2.05) is 13.8 Å². The molecule has 0 amide bonds. The molecule has 0 unspecified atom stereocenters. The Balaban J connectivity index is 2.77. The third kappa shape index (κ3) is 1.88. The van der Waals surface area contributed by atoms with Gasteiger partial charge in [0.2, 0.25) is 5.95 Å². The van der Waals surface area contributed by atoms with E-state index >= 15 is 0 Å². The molecule has 1 aromatic rings. The molecule has 0 aromatic carbocycles. The van der Waals surface area contributed by atoms with Gasteiger partial charge in [-0.3, -0.25) is 5.01 Å². The van der Waals surface area contributed by atoms with Crippen molar-refractivity contribution >= 4 is 5.95 Å². The molecule has 0 atom stereocenters. The third-order valence-corrected chi connectivity index (χ3v) is 1.34. The average molecular weight is 152 g/mol. The summed E-state index contributed by atoms with van der Waals surface area (Å²) >= 11 is 0. The Kier molecular flexibility index (Phi) is 2.38. The lowest BCUT2D eigenvalue weighted by molar-refractivity contribution is 0.687. The van der Waals surface area contributed by atoms with Crippen molar-refractivity contribution in [1.29, 1.82) is 0 Å². The number of hydrogen-bond acceptors (Lipinski definition) is 4. The van der Waals surface area contributed by atoms with Crippen molar-refractivity contribution in [2.75, 3.05) is 5.01 Å². The Morgan fingerprint density at radius 1 is 1.36 bits per heavy atom. The molecule has 0 saturated heterocycles. The number of hydrazine groups is 1. The predicted octanol–water partition coefficient (Wildman–Crippen LogP) is 0.565. The average Bonchev–Trinajstić information content (AvgIpc) is 2.05. The Labute approximate surface area is 66.0 Å². The van der Waals surface area contributed by atoms with Crippen molar-refractivity contribution < 1.29 is 0 Å². The Morgan fingerprint density at radius 2 is 1.91 bits per heavy atom. The second kappa shape index (κ2) is 3.30. The van der Waals surface area contributed by atoms with Crippen molar-refractivity contribution in [1.82, 2.24) is 9.97 Å². The number of hydrogen-bond donors (Lipinski definition) is 1. The number of nitrogens with zero attached hydrogens (tertiary/aromatic N) is 3. The van der Waals surface area contributed by atoms with Crippen LogP contribution >= 0.6 is 0 Å². The monoisotopic (exact) mass is 152 g/mol. The van der Waals surface area contributed by atoms with Gasteiger partial charge in [0.15, 0.2) is 0 Å². The van der Waals surface area contributed by atoms with E-state index in [0.717, 1.165) is 0 Å². The van der Waals surface area contributed by atoms with Gasteiger partial charge in [-0.05, 0) is 19.9 Å². The second-order valence-corrected chi connectivity index (χ2v) is 2.55. The van der Waals surface area contributed by atoms with Crippen LogP contribution in [0.5, 0.6) is 0 Å². The minimum Gasteiger partial charge on any atom is -0.276 e. The lowest BCUT2D eigenvalue weighted by Gasteiger charge is -2.19. The highest BCUT2D eigenvalue weighted by atomic mass is 15.5. The molecule has 0 aliphatic rings. The quantitative estimate of drug-likeness (QED) is 0.497. The summed E-state index contributed by atoms with van der Waals surface area (Å²) < 4.78 is 0. The van der Waals surface area contributed by atoms with Crippen molar-refractivity contribution in [2.45, 2.75) is 19.9 Å². The van der Waals surface area contributed by atoms with Crippen LogP contribution < -0.4 is 10.9 Å². The Hall–Kier alpha value is -1.16. The first-order chi connectivity index (χ1) is 5.22. The predicted molar refractivity (Wildman–Crippen MR) is 43.8 cm³/mol. The van der Waals surface area contributed by atoms with Crippen molar-refractivity contribution in [2.24, 2.45) is 5.84 Å². The van der Waals surface area contributed by atoms with Gasteiger partial charge >= 0.3 is 0 Å². The maximum atomic E-state index is 5.65. The van der Waals surface area contributed by atoms with Crippen LogP contribution in [0, 0.1) is 0 Å². The van der Waals surface area contributed by atoms with E-state index in [4.69, 9.17) is 5.84 Å². The first-order valence-corrected chi connectivity index (χ1v) is 3.52. The molecule has 0 radical (unpaired) electrons. The fraction of sp³-hybridized carbons (Fsp3) is 0.429. The highest BCUT2D eigenvalue weighted by Crippen LogP contribution is 2.02. The van der Waals surface area contributed by atoms with Gasteiger partial charge in [-0.1, -0.05) is 0 Å². The SMILES string of the molecule is CC(C)N(N)c1ncccn1. The summed E-state index contributed by atoms with van der Waals surface area (Å²) in [7, 11) is 0. The van der Waals surface area contributed by atoms with Crippen LogP contribution in [0.4, 0.5) is 5.95 Å². The lowest BCUT2D eigenvalue weighted by atomic mass is 10.4. The summed E-state index contributed by atoms with van der Waals surface area (Å²) in [4.78, 5) is 7.98. The third-order valence-electron chi connectivity index (χ3n) is 1.34. The van der Waals surface area contributed by atoms with Crippen LogP contribution in [0.15, 0.2) is 18.5 Å². The smallest absolute Gasteiger partial charge is 0.239 e. The van der Waals surface area contributed by atoms with Gasteiger partial charge in [0.25, 0.3) is 0 Å². The minimum absolute atomic E-state index is 0.220. The molecule has 1 rings (SSSR count). The molecular weight excluding hydrogens is 140 g/mol. The maximum Gasteiger partial charge on any atom is 0.239 e. The van der Waals surface area contributed by atoms with Crippen molar-refractivity contribution in [3.63, 3.8) is 0 Å². The zero-order valence-electron chi connectivity index (χ0n) is 6.73. The Morgan fingerprint density at radius 3 is 2.36 bits per heavy atom. The summed E-state index contributed by atoms with van der Waals surface area (Å²) in [5.41, 5.74) is 0. The zero-order valence-corrected chi connectivity index (χ0v) is 6.73. The second-order valence-electron chi connectivity index (χ2n) is 2.55. The van der Waals surface area contributed by atoms with Crippen LogP contribution in [-0.4, -0.2) is 16.0 Å². The molecule has 4 nitrogen and oxygen atoms in total.